The molecule has 0 bridgehead atoms. The number of allylic oxidation sites excluding steroid dienone is 2. The van der Waals surface area contributed by atoms with Crippen molar-refractivity contribution in [2.45, 2.75) is 53.4 Å². The Labute approximate surface area is 317 Å². The SMILES string of the molecule is CCc1c(-c2ccc(C=C(C#N)C#N)s2)sc(-c2ccc(-c3ccc(-c4sc(-c5ccc(C=C(C#N)C#N)s5)c(CC)c4CC)s3)s2)c1CC. The lowest BCUT2D eigenvalue weighted by molar-refractivity contribution is 1.06. The highest BCUT2D eigenvalue weighted by Gasteiger charge is 2.23. The van der Waals surface area contributed by atoms with E-state index in [0.29, 0.717) is 0 Å². The zero-order chi connectivity index (χ0) is 35.4. The van der Waals surface area contributed by atoms with Crippen molar-refractivity contribution in [3.8, 4) is 73.0 Å². The molecule has 6 aromatic rings. The van der Waals surface area contributed by atoms with Crippen LogP contribution in [0, 0.1) is 45.3 Å². The molecule has 0 radical (unpaired) electrons. The van der Waals surface area contributed by atoms with Crippen LogP contribution < -0.4 is 0 Å². The van der Waals surface area contributed by atoms with Gasteiger partial charge in [0.1, 0.15) is 35.4 Å². The molecule has 0 atom stereocenters. The molecule has 4 nitrogen and oxygen atoms in total. The summed E-state index contributed by atoms with van der Waals surface area (Å²) in [6.07, 6.45) is 7.13. The van der Waals surface area contributed by atoms with Gasteiger partial charge in [0.2, 0.25) is 0 Å². The molecule has 0 saturated carbocycles. The molecule has 6 aromatic heterocycles. The number of nitrogens with zero attached hydrogens (tertiary/aromatic N) is 4. The van der Waals surface area contributed by atoms with E-state index in [1.54, 1.807) is 34.8 Å². The largest absolute Gasteiger partial charge is 0.192 e. The first-order valence-electron chi connectivity index (χ1n) is 16.1. The third kappa shape index (κ3) is 6.85. The first-order valence-corrected chi connectivity index (χ1v) is 21.0. The Bertz CT molecular complexity index is 2230. The van der Waals surface area contributed by atoms with Gasteiger partial charge in [-0.2, -0.15) is 21.0 Å². The highest BCUT2D eigenvalue weighted by molar-refractivity contribution is 7.30. The number of nitriles is 4. The Kier molecular flexibility index (Phi) is 11.1. The van der Waals surface area contributed by atoms with Crippen molar-refractivity contribution in [3.05, 3.63) is 91.7 Å². The molecule has 0 unspecified atom stereocenters. The summed E-state index contributed by atoms with van der Waals surface area (Å²) in [5.74, 6) is 0. The third-order valence-corrected chi connectivity index (χ3v) is 16.0. The molecule has 0 saturated heterocycles. The van der Waals surface area contributed by atoms with Gasteiger partial charge in [-0.3, -0.25) is 0 Å². The summed E-state index contributed by atoms with van der Waals surface area (Å²) in [5, 5.41) is 36.8. The molecule has 50 heavy (non-hydrogen) atoms. The van der Waals surface area contributed by atoms with E-state index >= 15 is 0 Å². The Morgan fingerprint density at radius 2 is 0.700 bits per heavy atom. The second-order valence-corrected chi connectivity index (χ2v) is 17.6. The quantitative estimate of drug-likeness (QED) is 0.123. The van der Waals surface area contributed by atoms with Crippen molar-refractivity contribution in [2.75, 3.05) is 0 Å². The molecule has 0 spiro atoms. The molecule has 0 fully saturated rings. The van der Waals surface area contributed by atoms with E-state index in [1.165, 1.54) is 71.0 Å². The monoisotopic (exact) mass is 758 g/mol. The first-order chi connectivity index (χ1) is 24.4. The molecule has 0 aliphatic carbocycles. The maximum Gasteiger partial charge on any atom is 0.131 e. The van der Waals surface area contributed by atoms with Crippen molar-refractivity contribution in [1.29, 1.82) is 21.0 Å². The van der Waals surface area contributed by atoms with Crippen LogP contribution in [0.25, 0.3) is 60.9 Å². The summed E-state index contributed by atoms with van der Waals surface area (Å²) in [7, 11) is 0. The van der Waals surface area contributed by atoms with Crippen molar-refractivity contribution in [1.82, 2.24) is 0 Å². The average molecular weight is 759 g/mol. The molecule has 246 valence electrons. The standard InChI is InChI=1S/C40H30N4S6/c1-5-27-29(7-3)39(49-37(27)33-11-9-25(45-33)17-23(19-41)20-42)35-15-13-31(47-35)32-14-16-36(48-32)40-30(8-4)28(6-2)38(50-40)34-12-10-26(46-34)18-24(21-43)22-44/h9-18H,5-8H2,1-4H3. The predicted octanol–water partition coefficient (Wildman–Crippen LogP) is 13.5. The van der Waals surface area contributed by atoms with Crippen LogP contribution in [0.5, 0.6) is 0 Å². The molecule has 0 N–H and O–H groups in total. The van der Waals surface area contributed by atoms with Gasteiger partial charge in [-0.25, -0.2) is 0 Å². The lowest BCUT2D eigenvalue weighted by Crippen LogP contribution is -1.88. The van der Waals surface area contributed by atoms with Crippen LogP contribution in [-0.2, 0) is 25.7 Å². The molecule has 0 aliphatic heterocycles. The lowest BCUT2D eigenvalue weighted by Gasteiger charge is -2.03. The number of hydrogen-bond acceptors (Lipinski definition) is 10. The van der Waals surface area contributed by atoms with Gasteiger partial charge in [0.15, 0.2) is 0 Å². The van der Waals surface area contributed by atoms with Crippen LogP contribution in [0.1, 0.15) is 59.7 Å². The predicted molar refractivity (Wildman–Crippen MR) is 217 cm³/mol. The minimum Gasteiger partial charge on any atom is -0.192 e. The van der Waals surface area contributed by atoms with E-state index < -0.39 is 0 Å². The van der Waals surface area contributed by atoms with Gasteiger partial charge in [-0.15, -0.1) is 68.0 Å². The number of thiophene rings is 6. The van der Waals surface area contributed by atoms with Crippen molar-refractivity contribution in [2.24, 2.45) is 0 Å². The van der Waals surface area contributed by atoms with E-state index in [0.717, 1.165) is 35.4 Å². The van der Waals surface area contributed by atoms with Gasteiger partial charge in [0.05, 0.1) is 0 Å². The Morgan fingerprint density at radius 3 is 1.00 bits per heavy atom. The van der Waals surface area contributed by atoms with Crippen LogP contribution in [0.3, 0.4) is 0 Å². The van der Waals surface area contributed by atoms with Gasteiger partial charge in [0.25, 0.3) is 0 Å². The van der Waals surface area contributed by atoms with Crippen LogP contribution in [0.15, 0.2) is 59.7 Å². The normalized spacial score (nSPS) is 10.6. The fourth-order valence-corrected chi connectivity index (χ4v) is 13.6. The molecule has 0 aliphatic rings. The van der Waals surface area contributed by atoms with E-state index in [4.69, 9.17) is 0 Å². The van der Waals surface area contributed by atoms with Crippen LogP contribution in [-0.4, -0.2) is 0 Å². The highest BCUT2D eigenvalue weighted by Crippen LogP contribution is 2.51. The van der Waals surface area contributed by atoms with Crippen LogP contribution in [0.4, 0.5) is 0 Å². The van der Waals surface area contributed by atoms with Gasteiger partial charge < -0.3 is 0 Å². The van der Waals surface area contributed by atoms with Crippen LogP contribution in [0.2, 0.25) is 0 Å². The topological polar surface area (TPSA) is 95.2 Å². The minimum absolute atomic E-state index is 0.118. The fourth-order valence-electron chi connectivity index (χ4n) is 6.04. The second-order valence-electron chi connectivity index (χ2n) is 11.1. The summed E-state index contributed by atoms with van der Waals surface area (Å²) in [6.45, 7) is 8.91. The third-order valence-electron chi connectivity index (χ3n) is 8.31. The maximum atomic E-state index is 9.21. The van der Waals surface area contributed by atoms with Gasteiger partial charge in [0, 0.05) is 58.5 Å². The summed E-state index contributed by atoms with van der Waals surface area (Å²) in [5.41, 5.74) is 5.82. The molecule has 6 heterocycles. The Balaban J connectivity index is 1.33. The average Bonchev–Trinajstić information content (AvgIpc) is 3.99. The van der Waals surface area contributed by atoms with Crippen molar-refractivity contribution in [3.63, 3.8) is 0 Å². The molecule has 10 heteroatoms. The van der Waals surface area contributed by atoms with Gasteiger partial charge in [-0.1, -0.05) is 27.7 Å². The van der Waals surface area contributed by atoms with E-state index in [9.17, 15) is 21.0 Å². The van der Waals surface area contributed by atoms with E-state index in [2.05, 4.69) is 64.1 Å². The molecule has 0 aromatic carbocycles. The highest BCUT2D eigenvalue weighted by atomic mass is 32.1. The van der Waals surface area contributed by atoms with Crippen LogP contribution >= 0.6 is 68.0 Å². The molecular formula is C40H30N4S6. The number of rotatable bonds is 11. The fraction of sp³-hybridized carbons (Fsp3) is 0.200. The maximum absolute atomic E-state index is 9.21. The Hall–Kier alpha value is -4.36. The zero-order valence-corrected chi connectivity index (χ0v) is 32.7. The molecular weight excluding hydrogens is 729 g/mol. The first kappa shape index (κ1) is 35.5. The Morgan fingerprint density at radius 1 is 0.420 bits per heavy atom. The number of hydrogen-bond donors (Lipinski definition) is 0. The minimum atomic E-state index is 0.118. The van der Waals surface area contributed by atoms with Crippen molar-refractivity contribution >= 4 is 80.2 Å². The van der Waals surface area contributed by atoms with E-state index in [-0.39, 0.29) is 11.1 Å². The second kappa shape index (κ2) is 15.7. The molecule has 6 rings (SSSR count). The summed E-state index contributed by atoms with van der Waals surface area (Å²) < 4.78 is 0. The lowest BCUT2D eigenvalue weighted by atomic mass is 10.0. The summed E-state index contributed by atoms with van der Waals surface area (Å²) >= 11 is 10.7. The summed E-state index contributed by atoms with van der Waals surface area (Å²) in [4.78, 5) is 14.5. The summed E-state index contributed by atoms with van der Waals surface area (Å²) in [6, 6.07) is 25.1. The smallest absolute Gasteiger partial charge is 0.131 e. The van der Waals surface area contributed by atoms with Gasteiger partial charge in [-0.05, 0) is 109 Å². The zero-order valence-electron chi connectivity index (χ0n) is 27.8. The van der Waals surface area contributed by atoms with E-state index in [1.807, 2.05) is 81.8 Å². The van der Waals surface area contributed by atoms with Crippen molar-refractivity contribution < 1.29 is 0 Å². The van der Waals surface area contributed by atoms with Gasteiger partial charge >= 0.3 is 0 Å². The molecule has 0 amide bonds.